The van der Waals surface area contributed by atoms with Crippen LogP contribution in [0.1, 0.15) is 12.6 Å². The van der Waals surface area contributed by atoms with Crippen LogP contribution in [0.3, 0.4) is 0 Å². The molecule has 1 aromatic heterocycles. The predicted molar refractivity (Wildman–Crippen MR) is 68.0 cm³/mol. The highest BCUT2D eigenvalue weighted by Gasteiger charge is 2.08. The largest absolute Gasteiger partial charge is 0.493 e. The van der Waals surface area contributed by atoms with Crippen molar-refractivity contribution < 1.29 is 4.74 Å². The van der Waals surface area contributed by atoms with Crippen molar-refractivity contribution in [3.63, 3.8) is 0 Å². The molecule has 0 atom stereocenters. The number of nitrogens with one attached hydrogen (secondary N) is 1. The van der Waals surface area contributed by atoms with E-state index in [0.717, 1.165) is 29.3 Å². The Hall–Kier alpha value is -1.81. The number of benzene rings is 1. The summed E-state index contributed by atoms with van der Waals surface area (Å²) in [6.45, 7) is 3.24. The molecule has 0 unspecified atom stereocenters. The number of nitrogens with zero attached hydrogens (tertiary/aromatic N) is 1. The van der Waals surface area contributed by atoms with Crippen molar-refractivity contribution in [2.24, 2.45) is 5.73 Å². The van der Waals surface area contributed by atoms with E-state index >= 15 is 0 Å². The molecular weight excluding hydrogens is 214 g/mol. The summed E-state index contributed by atoms with van der Waals surface area (Å²) < 4.78 is 5.58. The molecule has 0 aliphatic carbocycles. The third-order valence-electron chi connectivity index (χ3n) is 2.48. The SMILES string of the molecule is CCOc1ccccc1-c1ncc(CCN)[nH]1. The first kappa shape index (κ1) is 11.7. The van der Waals surface area contributed by atoms with Gasteiger partial charge in [0, 0.05) is 18.3 Å². The Bertz CT molecular complexity index is 479. The first-order valence-electron chi connectivity index (χ1n) is 5.81. The maximum Gasteiger partial charge on any atom is 0.141 e. The second-order valence-corrected chi connectivity index (χ2v) is 3.72. The lowest BCUT2D eigenvalue weighted by molar-refractivity contribution is 0.341. The van der Waals surface area contributed by atoms with E-state index in [9.17, 15) is 0 Å². The zero-order valence-corrected chi connectivity index (χ0v) is 9.94. The average molecular weight is 231 g/mol. The topological polar surface area (TPSA) is 63.9 Å². The van der Waals surface area contributed by atoms with E-state index in [0.29, 0.717) is 13.2 Å². The van der Waals surface area contributed by atoms with Crippen LogP contribution in [0.2, 0.25) is 0 Å². The second-order valence-electron chi connectivity index (χ2n) is 3.72. The lowest BCUT2D eigenvalue weighted by atomic mass is 10.2. The van der Waals surface area contributed by atoms with Crippen molar-refractivity contribution in [3.05, 3.63) is 36.2 Å². The number of rotatable bonds is 5. The number of aromatic amines is 1. The summed E-state index contributed by atoms with van der Waals surface area (Å²) in [6.07, 6.45) is 2.63. The van der Waals surface area contributed by atoms with Gasteiger partial charge in [0.2, 0.25) is 0 Å². The fraction of sp³-hybridized carbons (Fsp3) is 0.308. The van der Waals surface area contributed by atoms with Crippen LogP contribution in [0.15, 0.2) is 30.5 Å². The Labute approximate surface area is 101 Å². The number of hydrogen-bond acceptors (Lipinski definition) is 3. The zero-order valence-electron chi connectivity index (χ0n) is 9.94. The van der Waals surface area contributed by atoms with Gasteiger partial charge in [0.05, 0.1) is 12.2 Å². The predicted octanol–water partition coefficient (Wildman–Crippen LogP) is 1.98. The maximum absolute atomic E-state index is 5.58. The van der Waals surface area contributed by atoms with Gasteiger partial charge in [-0.2, -0.15) is 0 Å². The highest BCUT2D eigenvalue weighted by molar-refractivity contribution is 5.64. The standard InChI is InChI=1S/C13H17N3O/c1-2-17-12-6-4-3-5-11(12)13-15-9-10(16-13)7-8-14/h3-6,9H,2,7-8,14H2,1H3,(H,15,16). The summed E-state index contributed by atoms with van der Waals surface area (Å²) >= 11 is 0. The third kappa shape index (κ3) is 2.65. The van der Waals surface area contributed by atoms with Crippen LogP contribution in [0.25, 0.3) is 11.4 Å². The second kappa shape index (κ2) is 5.50. The molecule has 0 saturated carbocycles. The molecule has 0 fully saturated rings. The molecule has 0 saturated heterocycles. The molecule has 90 valence electrons. The van der Waals surface area contributed by atoms with Gasteiger partial charge in [-0.15, -0.1) is 0 Å². The zero-order chi connectivity index (χ0) is 12.1. The molecule has 1 aromatic carbocycles. The number of aromatic nitrogens is 2. The van der Waals surface area contributed by atoms with Crippen molar-refractivity contribution in [2.45, 2.75) is 13.3 Å². The van der Waals surface area contributed by atoms with Gasteiger partial charge >= 0.3 is 0 Å². The van der Waals surface area contributed by atoms with Crippen molar-refractivity contribution >= 4 is 0 Å². The number of ether oxygens (including phenoxy) is 1. The van der Waals surface area contributed by atoms with E-state index in [-0.39, 0.29) is 0 Å². The fourth-order valence-electron chi connectivity index (χ4n) is 1.72. The summed E-state index contributed by atoms with van der Waals surface area (Å²) in [6, 6.07) is 7.88. The minimum absolute atomic E-state index is 0.620. The Balaban J connectivity index is 2.31. The van der Waals surface area contributed by atoms with Crippen molar-refractivity contribution in [2.75, 3.05) is 13.2 Å². The van der Waals surface area contributed by atoms with Crippen LogP contribution in [0, 0.1) is 0 Å². The molecule has 3 N–H and O–H groups in total. The van der Waals surface area contributed by atoms with Gasteiger partial charge in [-0.1, -0.05) is 12.1 Å². The number of para-hydroxylation sites is 1. The average Bonchev–Trinajstić information content (AvgIpc) is 2.79. The minimum atomic E-state index is 0.620. The Morgan fingerprint density at radius 3 is 2.94 bits per heavy atom. The summed E-state index contributed by atoms with van der Waals surface area (Å²) in [4.78, 5) is 7.61. The van der Waals surface area contributed by atoms with Gasteiger partial charge in [-0.25, -0.2) is 4.98 Å². The van der Waals surface area contributed by atoms with Crippen LogP contribution in [0.4, 0.5) is 0 Å². The fourth-order valence-corrected chi connectivity index (χ4v) is 1.72. The van der Waals surface area contributed by atoms with Gasteiger partial charge in [0.25, 0.3) is 0 Å². The first-order valence-corrected chi connectivity index (χ1v) is 5.81. The quantitative estimate of drug-likeness (QED) is 0.827. The highest BCUT2D eigenvalue weighted by Crippen LogP contribution is 2.27. The number of nitrogens with two attached hydrogens (primary N) is 1. The van der Waals surface area contributed by atoms with Gasteiger partial charge in [0.1, 0.15) is 11.6 Å². The van der Waals surface area contributed by atoms with Gasteiger partial charge in [0.15, 0.2) is 0 Å². The van der Waals surface area contributed by atoms with Crippen LogP contribution in [0.5, 0.6) is 5.75 Å². The molecule has 1 heterocycles. The van der Waals surface area contributed by atoms with E-state index in [2.05, 4.69) is 9.97 Å². The van der Waals surface area contributed by atoms with Crippen LogP contribution in [-0.4, -0.2) is 23.1 Å². The molecule has 0 aliphatic rings. The summed E-state index contributed by atoms with van der Waals surface area (Å²) in [5, 5.41) is 0. The van der Waals surface area contributed by atoms with Crippen LogP contribution in [-0.2, 0) is 6.42 Å². The van der Waals surface area contributed by atoms with E-state index in [1.165, 1.54) is 0 Å². The van der Waals surface area contributed by atoms with Crippen LogP contribution < -0.4 is 10.5 Å². The summed E-state index contributed by atoms with van der Waals surface area (Å²) in [5.41, 5.74) is 7.55. The molecule has 17 heavy (non-hydrogen) atoms. The summed E-state index contributed by atoms with van der Waals surface area (Å²) in [5.74, 6) is 1.68. The Kier molecular flexibility index (Phi) is 3.77. The monoisotopic (exact) mass is 231 g/mol. The van der Waals surface area contributed by atoms with E-state index < -0.39 is 0 Å². The minimum Gasteiger partial charge on any atom is -0.493 e. The van der Waals surface area contributed by atoms with Gasteiger partial charge in [-0.05, 0) is 25.6 Å². The Morgan fingerprint density at radius 2 is 2.18 bits per heavy atom. The number of H-pyrrole nitrogens is 1. The maximum atomic E-state index is 5.58. The molecule has 2 rings (SSSR count). The number of hydrogen-bond donors (Lipinski definition) is 2. The lowest BCUT2D eigenvalue weighted by Crippen LogP contribution is -2.02. The molecular formula is C13H17N3O. The summed E-state index contributed by atoms with van der Waals surface area (Å²) in [7, 11) is 0. The van der Waals surface area contributed by atoms with Gasteiger partial charge in [-0.3, -0.25) is 0 Å². The smallest absolute Gasteiger partial charge is 0.141 e. The molecule has 2 aromatic rings. The van der Waals surface area contributed by atoms with Crippen molar-refractivity contribution in [3.8, 4) is 17.1 Å². The van der Waals surface area contributed by atoms with E-state index in [1.54, 1.807) is 0 Å². The first-order chi connectivity index (χ1) is 8.35. The molecule has 0 amide bonds. The molecule has 0 spiro atoms. The van der Waals surface area contributed by atoms with Crippen LogP contribution >= 0.6 is 0 Å². The van der Waals surface area contributed by atoms with Crippen molar-refractivity contribution in [1.29, 1.82) is 0 Å². The van der Waals surface area contributed by atoms with E-state index in [1.807, 2.05) is 37.4 Å². The van der Waals surface area contributed by atoms with Gasteiger partial charge < -0.3 is 15.5 Å². The molecule has 4 nitrogen and oxygen atoms in total. The Morgan fingerprint density at radius 1 is 1.35 bits per heavy atom. The third-order valence-corrected chi connectivity index (χ3v) is 2.48. The molecule has 0 radical (unpaired) electrons. The normalized spacial score (nSPS) is 10.5. The van der Waals surface area contributed by atoms with E-state index in [4.69, 9.17) is 10.5 Å². The molecule has 0 bridgehead atoms. The number of imidazole rings is 1. The highest BCUT2D eigenvalue weighted by atomic mass is 16.5. The molecule has 0 aliphatic heterocycles. The lowest BCUT2D eigenvalue weighted by Gasteiger charge is -2.07. The van der Waals surface area contributed by atoms with Crippen molar-refractivity contribution in [1.82, 2.24) is 9.97 Å². The molecule has 4 heteroatoms.